The quantitative estimate of drug-likeness (QED) is 0.301. The molecule has 4 aromatic rings. The van der Waals surface area contributed by atoms with E-state index in [1.165, 1.54) is 0 Å². The normalized spacial score (nSPS) is 20.7. The molecule has 208 valence electrons. The van der Waals surface area contributed by atoms with Gasteiger partial charge in [0.05, 0.1) is 24.7 Å². The van der Waals surface area contributed by atoms with E-state index in [0.29, 0.717) is 0 Å². The summed E-state index contributed by atoms with van der Waals surface area (Å²) < 4.78 is 11.2. The van der Waals surface area contributed by atoms with Crippen molar-refractivity contribution < 1.29 is 24.2 Å². The number of ether oxygens (including phenoxy) is 2. The van der Waals surface area contributed by atoms with Gasteiger partial charge >= 0.3 is 11.9 Å². The van der Waals surface area contributed by atoms with Crippen LogP contribution in [0.4, 0.5) is 0 Å². The van der Waals surface area contributed by atoms with Crippen LogP contribution in [0.1, 0.15) is 35.6 Å². The minimum absolute atomic E-state index is 0.0925. The van der Waals surface area contributed by atoms with E-state index in [1.807, 2.05) is 72.8 Å². The second-order valence-electron chi connectivity index (χ2n) is 10.6. The summed E-state index contributed by atoms with van der Waals surface area (Å²) in [6.07, 6.45) is -1.04. The Morgan fingerprint density at radius 3 is 1.98 bits per heavy atom. The number of aliphatic hydroxyl groups is 1. The van der Waals surface area contributed by atoms with Crippen molar-refractivity contribution in [1.82, 2.24) is 4.90 Å². The molecule has 0 spiro atoms. The van der Waals surface area contributed by atoms with Gasteiger partial charge in [-0.3, -0.25) is 14.5 Å². The standard InChI is InChI=1S/C35H33NO5/c1-2-40-32(38)21-28-31(37)22-36(33(28)34(39)41-23-24-13-5-3-6-14-24)35(25-15-7-4-8-16-25)29-19-11-9-17-26(29)27-18-10-12-20-30(27)35/h3-20,28,31,33,37H,2,21-23H2,1H3/t28-,31-,33+/m1/s1. The summed E-state index contributed by atoms with van der Waals surface area (Å²) in [5.74, 6) is -1.63. The minimum atomic E-state index is -0.950. The molecule has 1 N–H and O–H groups in total. The third kappa shape index (κ3) is 4.63. The van der Waals surface area contributed by atoms with Crippen molar-refractivity contribution in [3.63, 3.8) is 0 Å². The van der Waals surface area contributed by atoms with E-state index >= 15 is 0 Å². The molecule has 0 saturated carbocycles. The number of hydrogen-bond acceptors (Lipinski definition) is 6. The van der Waals surface area contributed by atoms with Crippen molar-refractivity contribution >= 4 is 11.9 Å². The summed E-state index contributed by atoms with van der Waals surface area (Å²) in [5.41, 5.74) is 5.15. The highest BCUT2D eigenvalue weighted by Crippen LogP contribution is 2.56. The molecule has 1 heterocycles. The minimum Gasteiger partial charge on any atom is -0.466 e. The fourth-order valence-corrected chi connectivity index (χ4v) is 6.69. The van der Waals surface area contributed by atoms with Crippen LogP contribution in [-0.4, -0.2) is 47.2 Å². The van der Waals surface area contributed by atoms with Crippen molar-refractivity contribution in [2.45, 2.75) is 37.6 Å². The predicted molar refractivity (Wildman–Crippen MR) is 156 cm³/mol. The lowest BCUT2D eigenvalue weighted by Crippen LogP contribution is -2.53. The molecule has 0 amide bonds. The van der Waals surface area contributed by atoms with Crippen molar-refractivity contribution in [3.05, 3.63) is 131 Å². The number of carbonyl (C=O) groups is 2. The Morgan fingerprint density at radius 2 is 1.37 bits per heavy atom. The lowest BCUT2D eigenvalue weighted by Gasteiger charge is -2.44. The summed E-state index contributed by atoms with van der Waals surface area (Å²) in [4.78, 5) is 29.0. The average molecular weight is 548 g/mol. The van der Waals surface area contributed by atoms with Gasteiger partial charge in [-0.2, -0.15) is 0 Å². The van der Waals surface area contributed by atoms with Crippen LogP contribution in [0.5, 0.6) is 0 Å². The molecule has 4 aromatic carbocycles. The van der Waals surface area contributed by atoms with Gasteiger partial charge in [-0.1, -0.05) is 109 Å². The lowest BCUT2D eigenvalue weighted by atomic mass is 9.78. The van der Waals surface area contributed by atoms with E-state index in [-0.39, 0.29) is 26.2 Å². The fourth-order valence-electron chi connectivity index (χ4n) is 6.69. The van der Waals surface area contributed by atoms with Crippen molar-refractivity contribution in [2.24, 2.45) is 5.92 Å². The number of benzene rings is 4. The maximum atomic E-state index is 14.2. The number of carbonyl (C=O) groups excluding carboxylic acids is 2. The van der Waals surface area contributed by atoms with Crippen LogP contribution in [0.2, 0.25) is 0 Å². The molecule has 41 heavy (non-hydrogen) atoms. The number of β-amino-alcohol motifs (C(OH)–C–C–N with tert-alkyl or cyclic N) is 1. The molecule has 1 saturated heterocycles. The monoisotopic (exact) mass is 547 g/mol. The van der Waals surface area contributed by atoms with Crippen LogP contribution in [-0.2, 0) is 31.2 Å². The number of likely N-dealkylation sites (tertiary alicyclic amines) is 1. The summed E-state index contributed by atoms with van der Waals surface area (Å²) in [6.45, 7) is 2.24. The topological polar surface area (TPSA) is 76.1 Å². The Labute approximate surface area is 240 Å². The predicted octanol–water partition coefficient (Wildman–Crippen LogP) is 5.32. The molecular weight excluding hydrogens is 514 g/mol. The molecule has 0 bridgehead atoms. The summed E-state index contributed by atoms with van der Waals surface area (Å²) in [5, 5.41) is 11.5. The molecule has 0 radical (unpaired) electrons. The first-order valence-corrected chi connectivity index (χ1v) is 14.1. The highest BCUT2D eigenvalue weighted by molar-refractivity contribution is 5.85. The second kappa shape index (κ2) is 11.3. The molecule has 3 atom stereocenters. The molecular formula is C35H33NO5. The molecule has 6 nitrogen and oxygen atoms in total. The van der Waals surface area contributed by atoms with Gasteiger partial charge in [-0.15, -0.1) is 0 Å². The maximum absolute atomic E-state index is 14.2. The molecule has 2 aliphatic rings. The second-order valence-corrected chi connectivity index (χ2v) is 10.6. The lowest BCUT2D eigenvalue weighted by molar-refractivity contribution is -0.155. The molecule has 1 aliphatic heterocycles. The zero-order chi connectivity index (χ0) is 28.4. The first-order chi connectivity index (χ1) is 20.1. The van der Waals surface area contributed by atoms with E-state index in [2.05, 4.69) is 41.3 Å². The molecule has 0 unspecified atom stereocenters. The summed E-state index contributed by atoms with van der Waals surface area (Å²) >= 11 is 0. The Kier molecular flexibility index (Phi) is 7.43. The summed E-state index contributed by atoms with van der Waals surface area (Å²) in [7, 11) is 0. The molecule has 1 fully saturated rings. The van der Waals surface area contributed by atoms with Gasteiger partial charge in [0, 0.05) is 12.5 Å². The molecule has 0 aromatic heterocycles. The van der Waals surface area contributed by atoms with Crippen LogP contribution in [0.25, 0.3) is 11.1 Å². The average Bonchev–Trinajstić information content (AvgIpc) is 3.49. The SMILES string of the molecule is CCOC(=O)C[C@@H]1[C@H](O)CN(C2(c3ccccc3)c3ccccc3-c3ccccc32)[C@@H]1C(=O)OCc1ccccc1. The first kappa shape index (κ1) is 26.9. The van der Waals surface area contributed by atoms with Crippen LogP contribution in [0, 0.1) is 5.92 Å². The molecule has 1 aliphatic carbocycles. The smallest absolute Gasteiger partial charge is 0.324 e. The van der Waals surface area contributed by atoms with E-state index in [1.54, 1.807) is 6.92 Å². The van der Waals surface area contributed by atoms with Crippen LogP contribution >= 0.6 is 0 Å². The third-order valence-corrected chi connectivity index (χ3v) is 8.34. The Balaban J connectivity index is 1.52. The zero-order valence-electron chi connectivity index (χ0n) is 23.0. The van der Waals surface area contributed by atoms with Crippen LogP contribution in [0.3, 0.4) is 0 Å². The van der Waals surface area contributed by atoms with E-state index in [9.17, 15) is 14.7 Å². The number of esters is 2. The zero-order valence-corrected chi connectivity index (χ0v) is 23.0. The number of rotatable bonds is 8. The Bertz CT molecular complexity index is 1490. The van der Waals surface area contributed by atoms with Crippen molar-refractivity contribution in [2.75, 3.05) is 13.2 Å². The van der Waals surface area contributed by atoms with Crippen LogP contribution < -0.4 is 0 Å². The highest BCUT2D eigenvalue weighted by atomic mass is 16.5. The molecule has 6 heteroatoms. The van der Waals surface area contributed by atoms with Gasteiger partial charge in [0.2, 0.25) is 0 Å². The van der Waals surface area contributed by atoms with Crippen LogP contribution in [0.15, 0.2) is 109 Å². The summed E-state index contributed by atoms with van der Waals surface area (Å²) in [6, 6.07) is 35.1. The molecule has 6 rings (SSSR count). The fraction of sp³-hybridized carbons (Fsp3) is 0.257. The number of fused-ring (bicyclic) bond motifs is 3. The van der Waals surface area contributed by atoms with Gasteiger partial charge in [-0.05, 0) is 40.3 Å². The first-order valence-electron chi connectivity index (χ1n) is 14.1. The van der Waals surface area contributed by atoms with Gasteiger partial charge in [-0.25, -0.2) is 0 Å². The Morgan fingerprint density at radius 1 is 0.805 bits per heavy atom. The van der Waals surface area contributed by atoms with E-state index in [4.69, 9.17) is 9.47 Å². The number of hydrogen-bond donors (Lipinski definition) is 1. The largest absolute Gasteiger partial charge is 0.466 e. The number of nitrogens with zero attached hydrogens (tertiary/aromatic N) is 1. The van der Waals surface area contributed by atoms with Crippen molar-refractivity contribution in [3.8, 4) is 11.1 Å². The number of aliphatic hydroxyl groups excluding tert-OH is 1. The van der Waals surface area contributed by atoms with Crippen molar-refractivity contribution in [1.29, 1.82) is 0 Å². The van der Waals surface area contributed by atoms with Gasteiger partial charge < -0.3 is 14.6 Å². The van der Waals surface area contributed by atoms with Gasteiger partial charge in [0.1, 0.15) is 12.6 Å². The third-order valence-electron chi connectivity index (χ3n) is 8.34. The van der Waals surface area contributed by atoms with Gasteiger partial charge in [0.15, 0.2) is 0 Å². The highest BCUT2D eigenvalue weighted by Gasteiger charge is 2.59. The van der Waals surface area contributed by atoms with Gasteiger partial charge in [0.25, 0.3) is 0 Å². The Hall–Kier alpha value is -4.26. The van der Waals surface area contributed by atoms with E-state index in [0.717, 1.165) is 33.4 Å². The van der Waals surface area contributed by atoms with E-state index < -0.39 is 35.5 Å². The maximum Gasteiger partial charge on any atom is 0.324 e.